The summed E-state index contributed by atoms with van der Waals surface area (Å²) in [5.41, 5.74) is 5.86. The predicted molar refractivity (Wildman–Crippen MR) is 66.3 cm³/mol. The minimum absolute atomic E-state index is 0.0374. The first-order chi connectivity index (χ1) is 8.58. The van der Waals surface area contributed by atoms with Crippen molar-refractivity contribution >= 4 is 5.84 Å². The van der Waals surface area contributed by atoms with Crippen molar-refractivity contribution in [2.24, 2.45) is 11.7 Å². The normalized spacial score (nSPS) is 20.9. The van der Waals surface area contributed by atoms with Crippen LogP contribution in [0.3, 0.4) is 0 Å². The smallest absolute Gasteiger partial charge is 0.163 e. The summed E-state index contributed by atoms with van der Waals surface area (Å²) in [6.45, 7) is 1.85. The van der Waals surface area contributed by atoms with Crippen LogP contribution in [-0.2, 0) is 6.54 Å². The number of rotatable bonds is 3. The average Bonchev–Trinajstić information content (AvgIpc) is 2.35. The number of hydrogen-bond donors (Lipinski definition) is 2. The zero-order chi connectivity index (χ0) is 13.1. The topological polar surface area (TPSA) is 53.1 Å². The molecule has 0 aromatic heterocycles. The van der Waals surface area contributed by atoms with Crippen LogP contribution in [0.1, 0.15) is 18.4 Å². The first kappa shape index (κ1) is 13.0. The number of nitrogens with two attached hydrogens (primary N) is 1. The number of piperidine rings is 1. The highest BCUT2D eigenvalue weighted by Crippen LogP contribution is 2.20. The Hall–Kier alpha value is -1.49. The van der Waals surface area contributed by atoms with Crippen LogP contribution >= 0.6 is 0 Å². The zero-order valence-corrected chi connectivity index (χ0v) is 10.1. The van der Waals surface area contributed by atoms with Gasteiger partial charge in [-0.3, -0.25) is 10.3 Å². The Balaban J connectivity index is 2.05. The van der Waals surface area contributed by atoms with Crippen LogP contribution in [0.5, 0.6) is 0 Å². The molecule has 1 aliphatic heterocycles. The van der Waals surface area contributed by atoms with Crippen LogP contribution in [0.4, 0.5) is 8.78 Å². The lowest BCUT2D eigenvalue weighted by Gasteiger charge is -2.32. The molecule has 2 rings (SSSR count). The number of benzene rings is 1. The van der Waals surface area contributed by atoms with Gasteiger partial charge in [0.05, 0.1) is 5.84 Å². The fourth-order valence-corrected chi connectivity index (χ4v) is 2.36. The molecule has 1 atom stereocenters. The fraction of sp³-hybridized carbons (Fsp3) is 0.462. The highest BCUT2D eigenvalue weighted by atomic mass is 19.2. The number of likely N-dealkylation sites (tertiary alicyclic amines) is 1. The molecule has 98 valence electrons. The number of halogens is 2. The van der Waals surface area contributed by atoms with Crippen LogP contribution in [0.15, 0.2) is 18.2 Å². The molecule has 0 aliphatic carbocycles. The molecule has 1 aliphatic rings. The predicted octanol–water partition coefficient (Wildman–Crippen LogP) is 2.11. The molecule has 0 bridgehead atoms. The first-order valence-electron chi connectivity index (χ1n) is 6.07. The van der Waals surface area contributed by atoms with Crippen molar-refractivity contribution < 1.29 is 8.78 Å². The Kier molecular flexibility index (Phi) is 3.91. The summed E-state index contributed by atoms with van der Waals surface area (Å²) >= 11 is 0. The molecular formula is C13H17F2N3. The van der Waals surface area contributed by atoms with Crippen molar-refractivity contribution in [3.8, 4) is 0 Å². The van der Waals surface area contributed by atoms with Gasteiger partial charge >= 0.3 is 0 Å². The van der Waals surface area contributed by atoms with E-state index in [0.29, 0.717) is 18.7 Å². The van der Waals surface area contributed by atoms with E-state index >= 15 is 0 Å². The van der Waals surface area contributed by atoms with E-state index < -0.39 is 11.6 Å². The van der Waals surface area contributed by atoms with Gasteiger partial charge in [0.1, 0.15) is 0 Å². The molecule has 5 heteroatoms. The third-order valence-corrected chi connectivity index (χ3v) is 3.37. The lowest BCUT2D eigenvalue weighted by atomic mass is 9.96. The van der Waals surface area contributed by atoms with Crippen molar-refractivity contribution in [3.05, 3.63) is 35.4 Å². The summed E-state index contributed by atoms with van der Waals surface area (Å²) in [5, 5.41) is 7.45. The van der Waals surface area contributed by atoms with Gasteiger partial charge in [-0.1, -0.05) is 12.1 Å². The van der Waals surface area contributed by atoms with E-state index in [2.05, 4.69) is 0 Å². The molecule has 3 N–H and O–H groups in total. The Labute approximate surface area is 105 Å². The van der Waals surface area contributed by atoms with Gasteiger partial charge in [-0.05, 0) is 25.5 Å². The van der Waals surface area contributed by atoms with E-state index in [9.17, 15) is 8.78 Å². The molecule has 1 saturated heterocycles. The minimum Gasteiger partial charge on any atom is -0.387 e. The molecule has 0 amide bonds. The average molecular weight is 253 g/mol. The molecule has 18 heavy (non-hydrogen) atoms. The summed E-state index contributed by atoms with van der Waals surface area (Å²) in [5.74, 6) is -1.37. The zero-order valence-electron chi connectivity index (χ0n) is 10.1. The second kappa shape index (κ2) is 5.44. The summed E-state index contributed by atoms with van der Waals surface area (Å²) in [6, 6.07) is 4.23. The van der Waals surface area contributed by atoms with Gasteiger partial charge in [0.25, 0.3) is 0 Å². The highest BCUT2D eigenvalue weighted by Gasteiger charge is 2.22. The Morgan fingerprint density at radius 2 is 2.22 bits per heavy atom. The van der Waals surface area contributed by atoms with E-state index in [1.807, 2.05) is 4.90 Å². The van der Waals surface area contributed by atoms with Gasteiger partial charge in [0.15, 0.2) is 11.6 Å². The second-order valence-electron chi connectivity index (χ2n) is 4.74. The maximum Gasteiger partial charge on any atom is 0.163 e. The summed E-state index contributed by atoms with van der Waals surface area (Å²) in [7, 11) is 0. The number of hydrogen-bond acceptors (Lipinski definition) is 2. The van der Waals surface area contributed by atoms with Crippen molar-refractivity contribution in [3.63, 3.8) is 0 Å². The Morgan fingerprint density at radius 1 is 1.44 bits per heavy atom. The highest BCUT2D eigenvalue weighted by molar-refractivity contribution is 5.79. The van der Waals surface area contributed by atoms with Crippen LogP contribution < -0.4 is 5.73 Å². The molecule has 1 heterocycles. The van der Waals surface area contributed by atoms with Gasteiger partial charge in [0, 0.05) is 24.6 Å². The van der Waals surface area contributed by atoms with Crippen LogP contribution in [-0.4, -0.2) is 23.8 Å². The molecule has 0 spiro atoms. The minimum atomic E-state index is -0.812. The maximum absolute atomic E-state index is 13.5. The standard InChI is InChI=1S/C13H17F2N3/c14-11-5-1-3-9(12(11)15)7-18-6-2-4-10(8-18)13(16)17/h1,3,5,10H,2,4,6-8H2,(H3,16,17). The Bertz CT molecular complexity index is 448. The summed E-state index contributed by atoms with van der Waals surface area (Å²) in [4.78, 5) is 2.02. The second-order valence-corrected chi connectivity index (χ2v) is 4.74. The lowest BCUT2D eigenvalue weighted by molar-refractivity contribution is 0.193. The van der Waals surface area contributed by atoms with Crippen LogP contribution in [0.2, 0.25) is 0 Å². The Morgan fingerprint density at radius 3 is 2.94 bits per heavy atom. The van der Waals surface area contributed by atoms with E-state index in [1.165, 1.54) is 6.07 Å². The van der Waals surface area contributed by atoms with Crippen LogP contribution in [0.25, 0.3) is 0 Å². The van der Waals surface area contributed by atoms with Gasteiger partial charge in [-0.2, -0.15) is 0 Å². The van der Waals surface area contributed by atoms with E-state index in [1.54, 1.807) is 6.07 Å². The summed E-state index contributed by atoms with van der Waals surface area (Å²) in [6.07, 6.45) is 1.83. The van der Waals surface area contributed by atoms with Gasteiger partial charge in [-0.15, -0.1) is 0 Å². The van der Waals surface area contributed by atoms with Crippen LogP contribution in [0, 0.1) is 23.0 Å². The van der Waals surface area contributed by atoms with Crippen molar-refractivity contribution in [1.82, 2.24) is 4.90 Å². The molecule has 0 radical (unpaired) electrons. The van der Waals surface area contributed by atoms with Gasteiger partial charge in [0.2, 0.25) is 0 Å². The third kappa shape index (κ3) is 2.85. The molecule has 1 unspecified atom stereocenters. The molecule has 3 nitrogen and oxygen atoms in total. The van der Waals surface area contributed by atoms with Gasteiger partial charge in [-0.25, -0.2) is 8.78 Å². The largest absolute Gasteiger partial charge is 0.387 e. The SMILES string of the molecule is N=C(N)C1CCCN(Cc2cccc(F)c2F)C1. The molecule has 1 aromatic rings. The van der Waals surface area contributed by atoms with E-state index in [4.69, 9.17) is 11.1 Å². The molecule has 1 aromatic carbocycles. The van der Waals surface area contributed by atoms with E-state index in [0.717, 1.165) is 25.5 Å². The summed E-state index contributed by atoms with van der Waals surface area (Å²) < 4.78 is 26.6. The fourth-order valence-electron chi connectivity index (χ4n) is 2.36. The molecular weight excluding hydrogens is 236 g/mol. The number of nitrogens with one attached hydrogen (secondary N) is 1. The lowest BCUT2D eigenvalue weighted by Crippen LogP contribution is -2.40. The van der Waals surface area contributed by atoms with E-state index in [-0.39, 0.29) is 11.8 Å². The van der Waals surface area contributed by atoms with Crippen molar-refractivity contribution in [1.29, 1.82) is 5.41 Å². The van der Waals surface area contributed by atoms with Crippen molar-refractivity contribution in [2.75, 3.05) is 13.1 Å². The maximum atomic E-state index is 13.5. The monoisotopic (exact) mass is 253 g/mol. The molecule has 1 fully saturated rings. The quantitative estimate of drug-likeness (QED) is 0.640. The molecule has 0 saturated carbocycles. The first-order valence-corrected chi connectivity index (χ1v) is 6.07. The third-order valence-electron chi connectivity index (χ3n) is 3.37. The van der Waals surface area contributed by atoms with Gasteiger partial charge < -0.3 is 5.73 Å². The number of amidine groups is 1. The van der Waals surface area contributed by atoms with Crippen molar-refractivity contribution in [2.45, 2.75) is 19.4 Å². The number of nitrogens with zero attached hydrogens (tertiary/aromatic N) is 1.